The minimum absolute atomic E-state index is 0.0374. The van der Waals surface area contributed by atoms with Crippen molar-refractivity contribution in [3.63, 3.8) is 0 Å². The molecule has 1 aromatic heterocycles. The first kappa shape index (κ1) is 15.9. The Morgan fingerprint density at radius 2 is 1.76 bits per heavy atom. The molecule has 1 saturated heterocycles. The first-order valence-electron chi connectivity index (χ1n) is 6.42. The van der Waals surface area contributed by atoms with Crippen LogP contribution in [0, 0.1) is 0 Å². The Kier molecular flexibility index (Phi) is 4.92. The van der Waals surface area contributed by atoms with Crippen molar-refractivity contribution < 1.29 is 23.7 Å². The molecule has 8 heteroatoms. The smallest absolute Gasteiger partial charge is 0.350 e. The molecule has 2 atom stereocenters. The normalized spacial score (nSPS) is 21.6. The standard InChI is InChI=1S/C13H20N2O5S/c1-17-7-5-15(6-8(7)18-2)12-10(19-3)9(14)11(21-12)13(16)20-4/h7-8H,5-6,14H2,1-4H3. The number of methoxy groups -OCH3 is 4. The average Bonchev–Trinajstić information content (AvgIpc) is 3.06. The lowest BCUT2D eigenvalue weighted by Gasteiger charge is -2.17. The van der Waals surface area contributed by atoms with Gasteiger partial charge in [-0.1, -0.05) is 0 Å². The fourth-order valence-corrected chi connectivity index (χ4v) is 3.56. The second-order valence-corrected chi connectivity index (χ2v) is 5.63. The maximum atomic E-state index is 11.8. The predicted molar refractivity (Wildman–Crippen MR) is 80.4 cm³/mol. The van der Waals surface area contributed by atoms with E-state index in [0.29, 0.717) is 29.4 Å². The molecule has 118 valence electrons. The summed E-state index contributed by atoms with van der Waals surface area (Å²) in [6, 6.07) is 0. The zero-order valence-electron chi connectivity index (χ0n) is 12.5. The molecule has 0 spiro atoms. The summed E-state index contributed by atoms with van der Waals surface area (Å²) in [6.45, 7) is 1.29. The number of thiophene rings is 1. The highest BCUT2D eigenvalue weighted by Crippen LogP contribution is 2.46. The monoisotopic (exact) mass is 316 g/mol. The van der Waals surface area contributed by atoms with Crippen molar-refractivity contribution in [3.05, 3.63) is 4.88 Å². The maximum absolute atomic E-state index is 11.8. The van der Waals surface area contributed by atoms with E-state index >= 15 is 0 Å². The Bertz CT molecular complexity index is 507. The Morgan fingerprint density at radius 1 is 1.19 bits per heavy atom. The van der Waals surface area contributed by atoms with Crippen LogP contribution in [0.1, 0.15) is 9.67 Å². The summed E-state index contributed by atoms with van der Waals surface area (Å²) in [5.74, 6) is 0.0276. The van der Waals surface area contributed by atoms with Gasteiger partial charge in [0.05, 0.1) is 14.2 Å². The van der Waals surface area contributed by atoms with Crippen LogP contribution >= 0.6 is 11.3 Å². The van der Waals surface area contributed by atoms with Crippen LogP contribution in [0.3, 0.4) is 0 Å². The third-order valence-electron chi connectivity index (χ3n) is 3.57. The molecule has 1 aliphatic rings. The lowest BCUT2D eigenvalue weighted by atomic mass is 10.3. The van der Waals surface area contributed by atoms with Gasteiger partial charge in [0.2, 0.25) is 0 Å². The number of carbonyl (C=O) groups excluding carboxylic acids is 1. The molecule has 2 rings (SSSR count). The number of ether oxygens (including phenoxy) is 4. The van der Waals surface area contributed by atoms with Gasteiger partial charge in [0, 0.05) is 27.3 Å². The fourth-order valence-electron chi connectivity index (χ4n) is 2.43. The van der Waals surface area contributed by atoms with Gasteiger partial charge in [-0.15, -0.1) is 11.3 Å². The zero-order chi connectivity index (χ0) is 15.6. The topological polar surface area (TPSA) is 83.2 Å². The van der Waals surface area contributed by atoms with Gasteiger partial charge in [0.15, 0.2) is 5.75 Å². The lowest BCUT2D eigenvalue weighted by molar-refractivity contribution is -0.00461. The molecule has 21 heavy (non-hydrogen) atoms. The van der Waals surface area contributed by atoms with Crippen LogP contribution in [0.2, 0.25) is 0 Å². The molecule has 7 nitrogen and oxygen atoms in total. The van der Waals surface area contributed by atoms with Gasteiger partial charge in [-0.25, -0.2) is 4.79 Å². The summed E-state index contributed by atoms with van der Waals surface area (Å²) in [4.78, 5) is 14.2. The van der Waals surface area contributed by atoms with E-state index in [1.165, 1.54) is 25.6 Å². The van der Waals surface area contributed by atoms with Crippen LogP contribution in [-0.2, 0) is 14.2 Å². The second kappa shape index (κ2) is 6.50. The minimum atomic E-state index is -0.465. The lowest BCUT2D eigenvalue weighted by Crippen LogP contribution is -2.27. The number of nitrogens with two attached hydrogens (primary N) is 1. The van der Waals surface area contributed by atoms with E-state index < -0.39 is 5.97 Å². The van der Waals surface area contributed by atoms with Gasteiger partial charge in [0.25, 0.3) is 0 Å². The molecule has 0 aliphatic carbocycles. The van der Waals surface area contributed by atoms with Gasteiger partial charge in [0.1, 0.15) is 27.8 Å². The Hall–Kier alpha value is -1.51. The maximum Gasteiger partial charge on any atom is 0.350 e. The molecule has 0 bridgehead atoms. The van der Waals surface area contributed by atoms with E-state index in [9.17, 15) is 4.79 Å². The van der Waals surface area contributed by atoms with E-state index in [4.69, 9.17) is 24.7 Å². The van der Waals surface area contributed by atoms with Gasteiger partial charge in [-0.05, 0) is 0 Å². The highest BCUT2D eigenvalue weighted by molar-refractivity contribution is 7.19. The third-order valence-corrected chi connectivity index (χ3v) is 4.79. The van der Waals surface area contributed by atoms with E-state index in [-0.39, 0.29) is 12.2 Å². The number of hydrogen-bond donors (Lipinski definition) is 1. The van der Waals surface area contributed by atoms with Crippen molar-refractivity contribution >= 4 is 28.0 Å². The summed E-state index contributed by atoms with van der Waals surface area (Å²) < 4.78 is 20.9. The van der Waals surface area contributed by atoms with Gasteiger partial charge in [-0.2, -0.15) is 0 Å². The first-order chi connectivity index (χ1) is 10.1. The number of nitrogen functional groups attached to an aromatic ring is 1. The minimum Gasteiger partial charge on any atom is -0.492 e. The van der Waals surface area contributed by atoms with Crippen LogP contribution in [0.4, 0.5) is 10.7 Å². The number of carbonyl (C=O) groups is 1. The Labute approximate surface area is 127 Å². The quantitative estimate of drug-likeness (QED) is 0.811. The van der Waals surface area contributed by atoms with Crippen molar-refractivity contribution in [2.75, 3.05) is 52.2 Å². The highest BCUT2D eigenvalue weighted by atomic mass is 32.1. The third kappa shape index (κ3) is 2.78. The average molecular weight is 316 g/mol. The largest absolute Gasteiger partial charge is 0.492 e. The summed E-state index contributed by atoms with van der Waals surface area (Å²) in [7, 11) is 6.16. The molecular formula is C13H20N2O5S. The van der Waals surface area contributed by atoms with Gasteiger partial charge in [-0.3, -0.25) is 0 Å². The number of esters is 1. The van der Waals surface area contributed by atoms with Gasteiger partial charge >= 0.3 is 5.97 Å². The number of rotatable bonds is 5. The van der Waals surface area contributed by atoms with Crippen LogP contribution in [-0.4, -0.2) is 59.7 Å². The van der Waals surface area contributed by atoms with E-state index in [2.05, 4.69) is 4.90 Å². The molecule has 1 aliphatic heterocycles. The zero-order valence-corrected chi connectivity index (χ0v) is 13.4. The Balaban J connectivity index is 2.34. The summed E-state index contributed by atoms with van der Waals surface area (Å²) in [5.41, 5.74) is 6.29. The van der Waals surface area contributed by atoms with Crippen molar-refractivity contribution in [3.8, 4) is 5.75 Å². The Morgan fingerprint density at radius 3 is 2.19 bits per heavy atom. The summed E-state index contributed by atoms with van der Waals surface area (Å²) in [5, 5.41) is 0.789. The van der Waals surface area contributed by atoms with E-state index in [1.807, 2.05) is 0 Å². The van der Waals surface area contributed by atoms with Crippen LogP contribution in [0.5, 0.6) is 5.75 Å². The van der Waals surface area contributed by atoms with E-state index in [1.54, 1.807) is 14.2 Å². The molecule has 2 N–H and O–H groups in total. The fraction of sp³-hybridized carbons (Fsp3) is 0.615. The molecule has 1 aromatic rings. The molecule has 0 aromatic carbocycles. The van der Waals surface area contributed by atoms with Crippen molar-refractivity contribution in [1.82, 2.24) is 0 Å². The van der Waals surface area contributed by atoms with Crippen LogP contribution in [0.25, 0.3) is 0 Å². The molecule has 2 unspecified atom stereocenters. The SMILES string of the molecule is COC(=O)c1sc(N2CC(OC)C(OC)C2)c(OC)c1N. The van der Waals surface area contributed by atoms with E-state index in [0.717, 1.165) is 5.00 Å². The first-order valence-corrected chi connectivity index (χ1v) is 7.24. The molecule has 1 fully saturated rings. The van der Waals surface area contributed by atoms with Crippen molar-refractivity contribution in [2.45, 2.75) is 12.2 Å². The number of nitrogens with zero attached hydrogens (tertiary/aromatic N) is 1. The molecular weight excluding hydrogens is 296 g/mol. The second-order valence-electron chi connectivity index (χ2n) is 4.63. The molecule has 0 saturated carbocycles. The van der Waals surface area contributed by atoms with Crippen molar-refractivity contribution in [1.29, 1.82) is 0 Å². The highest BCUT2D eigenvalue weighted by Gasteiger charge is 2.36. The summed E-state index contributed by atoms with van der Waals surface area (Å²) >= 11 is 1.26. The molecule has 0 amide bonds. The number of anilines is 2. The van der Waals surface area contributed by atoms with Crippen molar-refractivity contribution in [2.24, 2.45) is 0 Å². The van der Waals surface area contributed by atoms with Crippen LogP contribution in [0.15, 0.2) is 0 Å². The predicted octanol–water partition coefficient (Wildman–Crippen LogP) is 0.976. The van der Waals surface area contributed by atoms with Gasteiger partial charge < -0.3 is 29.6 Å². The molecule has 2 heterocycles. The summed E-state index contributed by atoms with van der Waals surface area (Å²) in [6.07, 6.45) is -0.0748. The molecule has 0 radical (unpaired) electrons. The van der Waals surface area contributed by atoms with Crippen LogP contribution < -0.4 is 15.4 Å². The number of hydrogen-bond acceptors (Lipinski definition) is 8.